The Kier molecular flexibility index (Phi) is 4.75. The molecular weight excluding hydrogens is 283 g/mol. The van der Waals surface area contributed by atoms with E-state index in [0.717, 1.165) is 13.2 Å². The van der Waals surface area contributed by atoms with Gasteiger partial charge in [-0.25, -0.2) is 17.7 Å². The van der Waals surface area contributed by atoms with Gasteiger partial charge in [0.25, 0.3) is 0 Å². The van der Waals surface area contributed by atoms with E-state index in [4.69, 9.17) is 0 Å². The van der Waals surface area contributed by atoms with Crippen molar-refractivity contribution in [3.63, 3.8) is 0 Å². The van der Waals surface area contributed by atoms with Gasteiger partial charge in [-0.05, 0) is 12.1 Å². The molecule has 5 nitrogen and oxygen atoms in total. The van der Waals surface area contributed by atoms with E-state index in [0.29, 0.717) is 10.1 Å². The molecule has 1 rings (SSSR count). The highest BCUT2D eigenvalue weighted by Gasteiger charge is 2.30. The largest absolute Gasteiger partial charge is 0.390 e. The summed E-state index contributed by atoms with van der Waals surface area (Å²) in [5, 5.41) is 2.71. The fraction of sp³-hybridized carbons (Fsp3) is 0.500. The van der Waals surface area contributed by atoms with Crippen LogP contribution in [0.2, 0.25) is 0 Å². The summed E-state index contributed by atoms with van der Waals surface area (Å²) in [6, 6.07) is 2.72. The first kappa shape index (κ1) is 15.7. The standard InChI is InChI=1S/C10H14F3N3O2S/c1-14-9-4-3-8(7-15-9)19(17,18)16(2)6-5-10(11,12)13/h3-4,7H,5-6H2,1-2H3,(H,14,15). The van der Waals surface area contributed by atoms with E-state index in [9.17, 15) is 21.6 Å². The smallest absolute Gasteiger partial charge is 0.373 e. The number of nitrogens with one attached hydrogen (secondary N) is 1. The van der Waals surface area contributed by atoms with E-state index in [2.05, 4.69) is 10.3 Å². The third kappa shape index (κ3) is 4.35. The van der Waals surface area contributed by atoms with Crippen LogP contribution in [0.3, 0.4) is 0 Å². The SMILES string of the molecule is CNc1ccc(S(=O)(=O)N(C)CCC(F)(F)F)cn1. The Hall–Kier alpha value is -1.35. The maximum atomic E-state index is 12.1. The van der Waals surface area contributed by atoms with Gasteiger partial charge >= 0.3 is 6.18 Å². The van der Waals surface area contributed by atoms with Crippen LogP contribution >= 0.6 is 0 Å². The molecule has 0 radical (unpaired) electrons. The molecule has 0 aliphatic heterocycles. The van der Waals surface area contributed by atoms with Crippen LogP contribution in [-0.2, 0) is 10.0 Å². The third-order valence-electron chi connectivity index (χ3n) is 2.41. The van der Waals surface area contributed by atoms with Gasteiger partial charge in [0.15, 0.2) is 0 Å². The molecule has 0 atom stereocenters. The lowest BCUT2D eigenvalue weighted by Gasteiger charge is -2.17. The van der Waals surface area contributed by atoms with Gasteiger partial charge in [-0.15, -0.1) is 0 Å². The van der Waals surface area contributed by atoms with Crippen LogP contribution in [0.4, 0.5) is 19.0 Å². The molecule has 0 amide bonds. The first-order valence-electron chi connectivity index (χ1n) is 5.34. The number of hydrogen-bond donors (Lipinski definition) is 1. The van der Waals surface area contributed by atoms with Crippen LogP contribution in [0.1, 0.15) is 6.42 Å². The predicted octanol–water partition coefficient (Wildman–Crippen LogP) is 1.70. The van der Waals surface area contributed by atoms with Crippen molar-refractivity contribution >= 4 is 15.8 Å². The van der Waals surface area contributed by atoms with Gasteiger partial charge in [-0.3, -0.25) is 0 Å². The maximum absolute atomic E-state index is 12.1. The first-order valence-corrected chi connectivity index (χ1v) is 6.78. The van der Waals surface area contributed by atoms with Crippen LogP contribution in [0.25, 0.3) is 0 Å². The van der Waals surface area contributed by atoms with Crippen molar-refractivity contribution in [3.8, 4) is 0 Å². The molecule has 1 heterocycles. The zero-order valence-electron chi connectivity index (χ0n) is 10.4. The molecule has 19 heavy (non-hydrogen) atoms. The second-order valence-corrected chi connectivity index (χ2v) is 5.87. The topological polar surface area (TPSA) is 62.3 Å². The summed E-state index contributed by atoms with van der Waals surface area (Å²) in [6.07, 6.45) is -4.48. The number of aromatic nitrogens is 1. The van der Waals surface area contributed by atoms with Crippen LogP contribution < -0.4 is 5.32 Å². The van der Waals surface area contributed by atoms with Crippen LogP contribution in [0.15, 0.2) is 23.2 Å². The van der Waals surface area contributed by atoms with E-state index < -0.39 is 29.2 Å². The quantitative estimate of drug-likeness (QED) is 0.898. The first-order chi connectivity index (χ1) is 8.66. The Morgan fingerprint density at radius 2 is 2.00 bits per heavy atom. The van der Waals surface area contributed by atoms with Gasteiger partial charge in [-0.2, -0.15) is 13.2 Å². The van der Waals surface area contributed by atoms with E-state index in [1.807, 2.05) is 0 Å². The van der Waals surface area contributed by atoms with Crippen molar-refractivity contribution < 1.29 is 21.6 Å². The Morgan fingerprint density at radius 1 is 1.37 bits per heavy atom. The van der Waals surface area contributed by atoms with Crippen molar-refractivity contribution in [2.24, 2.45) is 0 Å². The van der Waals surface area contributed by atoms with E-state index in [1.54, 1.807) is 7.05 Å². The maximum Gasteiger partial charge on any atom is 0.390 e. The Balaban J connectivity index is 2.84. The lowest BCUT2D eigenvalue weighted by Crippen LogP contribution is -2.30. The van der Waals surface area contributed by atoms with Gasteiger partial charge in [-0.1, -0.05) is 0 Å². The number of anilines is 1. The molecule has 1 N–H and O–H groups in total. The molecule has 0 bridgehead atoms. The summed E-state index contributed by atoms with van der Waals surface area (Å²) in [6.45, 7) is -0.625. The molecule has 1 aromatic rings. The van der Waals surface area contributed by atoms with Crippen molar-refractivity contribution in [2.75, 3.05) is 26.0 Å². The Morgan fingerprint density at radius 3 is 2.42 bits per heavy atom. The highest BCUT2D eigenvalue weighted by molar-refractivity contribution is 7.89. The summed E-state index contributed by atoms with van der Waals surface area (Å²) < 4.78 is 60.7. The zero-order valence-corrected chi connectivity index (χ0v) is 11.2. The average molecular weight is 297 g/mol. The molecule has 9 heteroatoms. The summed E-state index contributed by atoms with van der Waals surface area (Å²) in [5.74, 6) is 0.469. The molecule has 0 unspecified atom stereocenters. The van der Waals surface area contributed by atoms with Crippen LogP contribution in [0, 0.1) is 0 Å². The van der Waals surface area contributed by atoms with Gasteiger partial charge in [0.05, 0.1) is 6.42 Å². The zero-order chi connectivity index (χ0) is 14.7. The van der Waals surface area contributed by atoms with Crippen molar-refractivity contribution in [3.05, 3.63) is 18.3 Å². The molecule has 0 saturated carbocycles. The molecule has 1 aromatic heterocycles. The summed E-state index contributed by atoms with van der Waals surface area (Å²) in [4.78, 5) is 3.67. The Bertz CT molecular complexity index is 514. The van der Waals surface area contributed by atoms with Crippen LogP contribution in [0.5, 0.6) is 0 Å². The van der Waals surface area contributed by atoms with E-state index in [-0.39, 0.29) is 4.90 Å². The second kappa shape index (κ2) is 5.74. The number of pyridine rings is 1. The molecule has 0 fully saturated rings. The number of alkyl halides is 3. The Labute approximate surface area is 109 Å². The monoisotopic (exact) mass is 297 g/mol. The lowest BCUT2D eigenvalue weighted by atomic mass is 10.4. The normalized spacial score (nSPS) is 12.7. The number of rotatable bonds is 5. The van der Waals surface area contributed by atoms with Crippen molar-refractivity contribution in [1.82, 2.24) is 9.29 Å². The van der Waals surface area contributed by atoms with E-state index >= 15 is 0 Å². The van der Waals surface area contributed by atoms with Crippen molar-refractivity contribution in [2.45, 2.75) is 17.5 Å². The number of sulfonamides is 1. The van der Waals surface area contributed by atoms with Gasteiger partial charge in [0.2, 0.25) is 10.0 Å². The molecule has 108 valence electrons. The second-order valence-electron chi connectivity index (χ2n) is 3.82. The lowest BCUT2D eigenvalue weighted by molar-refractivity contribution is -0.135. The minimum Gasteiger partial charge on any atom is -0.373 e. The van der Waals surface area contributed by atoms with Crippen molar-refractivity contribution in [1.29, 1.82) is 0 Å². The highest BCUT2D eigenvalue weighted by Crippen LogP contribution is 2.22. The summed E-state index contributed by atoms with van der Waals surface area (Å²) >= 11 is 0. The molecule has 0 aromatic carbocycles. The minimum absolute atomic E-state index is 0.142. The fourth-order valence-electron chi connectivity index (χ4n) is 1.27. The molecule has 0 aliphatic rings. The molecule has 0 spiro atoms. The molecule has 0 aliphatic carbocycles. The van der Waals surface area contributed by atoms with E-state index in [1.165, 1.54) is 12.1 Å². The number of nitrogens with zero attached hydrogens (tertiary/aromatic N) is 2. The third-order valence-corrected chi connectivity index (χ3v) is 4.25. The minimum atomic E-state index is -4.39. The fourth-order valence-corrected chi connectivity index (χ4v) is 2.38. The van der Waals surface area contributed by atoms with Gasteiger partial charge in [0.1, 0.15) is 10.7 Å². The number of halogens is 3. The van der Waals surface area contributed by atoms with Crippen LogP contribution in [-0.4, -0.2) is 44.5 Å². The average Bonchev–Trinajstić information content (AvgIpc) is 2.35. The number of hydrogen-bond acceptors (Lipinski definition) is 4. The van der Waals surface area contributed by atoms with Gasteiger partial charge in [0, 0.05) is 26.8 Å². The predicted molar refractivity (Wildman–Crippen MR) is 64.3 cm³/mol. The van der Waals surface area contributed by atoms with Gasteiger partial charge < -0.3 is 5.32 Å². The molecule has 0 saturated heterocycles. The summed E-state index contributed by atoms with van der Waals surface area (Å²) in [5.41, 5.74) is 0. The highest BCUT2D eigenvalue weighted by atomic mass is 32.2. The molecular formula is C10H14F3N3O2S. The summed E-state index contributed by atoms with van der Waals surface area (Å²) in [7, 11) is -1.22.